The van der Waals surface area contributed by atoms with Crippen molar-refractivity contribution in [3.63, 3.8) is 0 Å². The van der Waals surface area contributed by atoms with Crippen molar-refractivity contribution < 1.29 is 122 Å². The average Bonchev–Trinajstić information content (AvgIpc) is 1.55. The molecule has 0 aliphatic carbocycles. The van der Waals surface area contributed by atoms with E-state index in [2.05, 4.69) is 54.8 Å². The van der Waals surface area contributed by atoms with Crippen molar-refractivity contribution in [2.24, 2.45) is 0 Å². The molecule has 8 aromatic rings. The van der Waals surface area contributed by atoms with E-state index in [1.165, 1.54) is 81.0 Å². The average molecular weight is 1880 g/mol. The minimum Gasteiger partial charge on any atom is -0.780 e. The number of imidazole rings is 3. The van der Waals surface area contributed by atoms with Gasteiger partial charge in [0, 0.05) is 44.8 Å². The van der Waals surface area contributed by atoms with Gasteiger partial charge in [-0.1, -0.05) is 42.3 Å². The number of rotatable bonds is 38. The van der Waals surface area contributed by atoms with Gasteiger partial charge in [0.1, 0.15) is 122 Å². The number of hydrogen-bond donors (Lipinski definition) is 8. The normalized spacial score (nSPS) is 32.5. The highest BCUT2D eigenvalue weighted by Gasteiger charge is 2.70. The molecule has 674 valence electrons. The summed E-state index contributed by atoms with van der Waals surface area (Å²) in [5.74, 6) is -0.696. The second-order valence-electron chi connectivity index (χ2n) is 29.2. The standard InChI is InChI=1S/C64H88N20O31P4S4/c1-9-30-37(40(99-14-11-96-7)55(107-30)83-24-72-34-49(83)75-59(67)77-52(34)87)112-118(93,122)103-21-64-29(5)106-43(58(111-64)82-23-71-33-47(66)69-22-70-48(33)82)45(64)115-117(92,121)102-19-32-38(41(100-15-12-97-8)56(109-32)84-25-73-35-50(84)76-60(68)78-53(35)88)113-119(94,123)104-20-63-28(4)105-42(57(110-63)81-17-27(3)51(86)79-62(81)90)44(63)114-116(91,120)101-18-31-36(85)39(98-13-10-95-6)54(108-31)80-16-26(2)46(65)74-61(80)89/h16-17,22-25,28-32,36-45,54-58,85H,9-15,18-21H2,1-8H3,(H,91,120)(H,92,121)(H,93,122)(H,94,123)(H2,65,74,89)(H2,66,69,70)(H,79,86,90)(H3,67,75,77,87)(H3,68,76,78,88)/p-4/t28-,29-,30+,31+,32+,36-,37-,38-,39?,40?,41?,42?,43?,44+,45+,54+,55+,56+,57?,58+,63-,64-,116?,117?,118?,119?/m0/s1. The quantitative estimate of drug-likeness (QED) is 0.0106. The second kappa shape index (κ2) is 36.2. The monoisotopic (exact) mass is 1880 g/mol. The third-order valence-electron chi connectivity index (χ3n) is 21.6. The van der Waals surface area contributed by atoms with E-state index in [4.69, 9.17) is 168 Å². The smallest absolute Gasteiger partial charge is 0.351 e. The summed E-state index contributed by atoms with van der Waals surface area (Å²) >= 11 is 22.8. The molecule has 123 heavy (non-hydrogen) atoms. The third kappa shape index (κ3) is 18.0. The van der Waals surface area contributed by atoms with Crippen molar-refractivity contribution in [2.75, 3.05) is 110 Å². The Bertz CT molecular complexity index is 5780. The highest BCUT2D eigenvalue weighted by atomic mass is 32.7. The molecule has 59 heteroatoms. The van der Waals surface area contributed by atoms with Crippen LogP contribution in [0.4, 0.5) is 23.5 Å². The number of nitrogens with one attached hydrogen (secondary N) is 3. The predicted molar refractivity (Wildman–Crippen MR) is 427 cm³/mol. The van der Waals surface area contributed by atoms with Crippen LogP contribution >= 0.6 is 27.0 Å². The Morgan fingerprint density at radius 2 is 0.984 bits per heavy atom. The lowest BCUT2D eigenvalue weighted by atomic mass is 9.94. The number of aromatic amines is 3. The molecule has 0 saturated carbocycles. The van der Waals surface area contributed by atoms with Gasteiger partial charge in [-0.15, -0.1) is 0 Å². The summed E-state index contributed by atoms with van der Waals surface area (Å²) in [5.41, 5.74) is 16.0. The fourth-order valence-corrected chi connectivity index (χ4v) is 21.4. The van der Waals surface area contributed by atoms with Crippen LogP contribution in [0.15, 0.2) is 61.7 Å². The Morgan fingerprint density at radius 3 is 1.53 bits per heavy atom. The largest absolute Gasteiger partial charge is 0.780 e. The Morgan fingerprint density at radius 1 is 0.520 bits per heavy atom. The number of H-pyrrole nitrogens is 3. The van der Waals surface area contributed by atoms with Crippen LogP contribution in [0, 0.1) is 13.8 Å². The van der Waals surface area contributed by atoms with Gasteiger partial charge in [0.25, 0.3) is 16.7 Å². The Hall–Kier alpha value is -6.46. The van der Waals surface area contributed by atoms with Crippen LogP contribution < -0.4 is 65.7 Å². The molecule has 4 bridgehead atoms. The number of aryl methyl sites for hydroxylation is 2. The maximum absolute atomic E-state index is 15.6. The van der Waals surface area contributed by atoms with E-state index in [0.29, 0.717) is 5.56 Å². The summed E-state index contributed by atoms with van der Waals surface area (Å²) in [6.07, 6.45) is -21.2. The maximum Gasteiger partial charge on any atom is 0.351 e. The molecule has 7 fully saturated rings. The summed E-state index contributed by atoms with van der Waals surface area (Å²) in [6, 6.07) is 0. The summed E-state index contributed by atoms with van der Waals surface area (Å²) in [4.78, 5) is 152. The van der Waals surface area contributed by atoms with E-state index >= 15 is 14.4 Å². The van der Waals surface area contributed by atoms with Gasteiger partial charge < -0.3 is 153 Å². The van der Waals surface area contributed by atoms with Crippen LogP contribution in [0.2, 0.25) is 0 Å². The molecule has 7 aliphatic heterocycles. The minimum absolute atomic E-state index is 0.0128. The molecule has 12 N–H and O–H groups in total. The lowest BCUT2D eigenvalue weighted by Gasteiger charge is -2.41. The molecule has 7 saturated heterocycles. The van der Waals surface area contributed by atoms with Gasteiger partial charge in [0.2, 0.25) is 11.9 Å². The molecule has 0 aromatic carbocycles. The first-order valence-corrected chi connectivity index (χ1v) is 47.9. The maximum atomic E-state index is 15.6. The predicted octanol–water partition coefficient (Wildman–Crippen LogP) is -3.47. The highest BCUT2D eigenvalue weighted by molar-refractivity contribution is 8.32. The number of aromatic nitrogens is 16. The number of methoxy groups -OCH3 is 3. The lowest BCUT2D eigenvalue weighted by Crippen LogP contribution is -2.51. The first-order chi connectivity index (χ1) is 58.4. The first-order valence-electron chi connectivity index (χ1n) is 37.7. The van der Waals surface area contributed by atoms with Gasteiger partial charge >= 0.3 is 11.4 Å². The lowest BCUT2D eigenvalue weighted by molar-refractivity contribution is -0.241. The van der Waals surface area contributed by atoms with Gasteiger partial charge in [0.15, 0.2) is 71.7 Å². The Balaban J connectivity index is 0.718. The van der Waals surface area contributed by atoms with Crippen LogP contribution in [-0.4, -0.2) is 273 Å². The van der Waals surface area contributed by atoms with Crippen molar-refractivity contribution in [1.29, 1.82) is 0 Å². The number of nitrogen functional groups attached to an aromatic ring is 4. The van der Waals surface area contributed by atoms with E-state index in [9.17, 15) is 34.0 Å². The summed E-state index contributed by atoms with van der Waals surface area (Å²) in [5, 5.41) is 11.7. The van der Waals surface area contributed by atoms with Crippen LogP contribution in [0.25, 0.3) is 33.5 Å². The zero-order valence-corrected chi connectivity index (χ0v) is 72.9. The van der Waals surface area contributed by atoms with Crippen LogP contribution in [-0.2, 0) is 150 Å². The van der Waals surface area contributed by atoms with Crippen molar-refractivity contribution >= 4 is 132 Å². The molecular weight excluding hydrogens is 1800 g/mol. The number of nitrogens with zero attached hydrogens (tertiary/aromatic N) is 13. The van der Waals surface area contributed by atoms with Gasteiger partial charge in [-0.05, 0) is 34.1 Å². The zero-order valence-electron chi connectivity index (χ0n) is 66.0. The molecule has 0 amide bonds. The summed E-state index contributed by atoms with van der Waals surface area (Å²) in [6.45, 7) is -16.7. The van der Waals surface area contributed by atoms with E-state index < -0.39 is 215 Å². The fraction of sp³-hybridized carbons (Fsp3) is 0.641. The molecule has 15 heterocycles. The highest BCUT2D eigenvalue weighted by Crippen LogP contribution is 2.62. The van der Waals surface area contributed by atoms with E-state index in [1.807, 2.05) is 0 Å². The number of fused-ring (bicyclic) bond motifs is 7. The third-order valence-corrected chi connectivity index (χ3v) is 27.7. The van der Waals surface area contributed by atoms with Crippen LogP contribution in [0.5, 0.6) is 0 Å². The molecule has 51 nitrogen and oxygen atoms in total. The van der Waals surface area contributed by atoms with E-state index in [-0.39, 0.29) is 109 Å². The van der Waals surface area contributed by atoms with Gasteiger partial charge in [-0.25, -0.2) is 34.5 Å². The topological polar surface area (TPSA) is 665 Å². The van der Waals surface area contributed by atoms with Crippen molar-refractivity contribution in [1.82, 2.24) is 77.7 Å². The number of aliphatic hydroxyl groups excluding tert-OH is 1. The van der Waals surface area contributed by atoms with Crippen molar-refractivity contribution in [3.05, 3.63) is 101 Å². The molecule has 26 atom stereocenters. The molecule has 0 spiro atoms. The summed E-state index contributed by atoms with van der Waals surface area (Å²) < 4.78 is 151. The molecule has 8 aromatic heterocycles. The number of nitrogens with two attached hydrogens (primary N) is 4. The molecular formula is C64H84N20O31P4S4-4. The van der Waals surface area contributed by atoms with Gasteiger partial charge in [-0.2, -0.15) is 15.0 Å². The summed E-state index contributed by atoms with van der Waals surface area (Å²) in [7, 11) is 4.21. The van der Waals surface area contributed by atoms with Gasteiger partial charge in [-0.3, -0.25) is 56.7 Å². The number of aliphatic hydroxyl groups is 1. The van der Waals surface area contributed by atoms with Crippen LogP contribution in [0.1, 0.15) is 69.5 Å². The number of ether oxygens (including phenoxy) is 13. The van der Waals surface area contributed by atoms with Gasteiger partial charge in [0.05, 0.1) is 103 Å². The molecule has 7 aliphatic rings. The Kier molecular flexibility index (Phi) is 26.9. The van der Waals surface area contributed by atoms with Crippen molar-refractivity contribution in [3.8, 4) is 0 Å². The fourth-order valence-electron chi connectivity index (χ4n) is 15.6. The zero-order chi connectivity index (χ0) is 87.9. The van der Waals surface area contributed by atoms with Crippen LogP contribution in [0.3, 0.4) is 0 Å². The SMILES string of the molecule is CC[C@H]1O[C@@H](n2cnc3c(=O)[nH]c(N)nc32)C(OCCOC)[C@H]1OP([O-])(=S)OC[C@]12O[C@@H](n3cnc4c(N)ncnc43)C(O[C@H]1C)[C@H]2OP(=O)([S-])OC[C@H]1O[C@@H](n2cnc3c(=O)[nH]c(N)nc32)C(OCCOC)[C@H]1OP([O-])(=S)OC[C@]12OC(n3cc(C)c(=O)[nH]c3=O)C(O[C@H]1C)[C@H]2OP([O-])(=S)OC[C@H]1O[C@@H](n2cc(C)c(N)nc2=O)C(OCCOC)[C@H]1O. The first kappa shape index (κ1) is 91.3. The number of hydrogen-bond acceptors (Lipinski definition) is 47. The second-order valence-corrected chi connectivity index (χ2v) is 40.0. The van der Waals surface area contributed by atoms with Crippen molar-refractivity contribution in [2.45, 2.75) is 175 Å². The minimum atomic E-state index is -5.25. The molecule has 10 unspecified atom stereocenters. The molecule has 0 radical (unpaired) electrons. The molecule has 15 rings (SSSR count). The number of anilines is 4. The Labute approximate surface area is 713 Å². The van der Waals surface area contributed by atoms with E-state index in [1.54, 1.807) is 13.8 Å². The van der Waals surface area contributed by atoms with E-state index in [0.717, 1.165) is 21.7 Å².